The van der Waals surface area contributed by atoms with Gasteiger partial charge in [-0.2, -0.15) is 0 Å². The normalized spacial score (nSPS) is 23.6. The van der Waals surface area contributed by atoms with Gasteiger partial charge in [-0.1, -0.05) is 27.2 Å². The number of amides is 1. The number of hydrogen-bond donors (Lipinski definition) is 0. The second kappa shape index (κ2) is 6.93. The lowest BCUT2D eigenvalue weighted by molar-refractivity contribution is -0.135. The first-order valence-electron chi connectivity index (χ1n) is 8.58. The van der Waals surface area contributed by atoms with E-state index in [2.05, 4.69) is 23.6 Å². The van der Waals surface area contributed by atoms with Crippen LogP contribution >= 0.6 is 0 Å². The summed E-state index contributed by atoms with van der Waals surface area (Å²) in [7, 11) is 0. The van der Waals surface area contributed by atoms with E-state index in [-0.39, 0.29) is 0 Å². The molecular formula is C17H32N2O. The average molecular weight is 280 g/mol. The Balaban J connectivity index is 1.63. The van der Waals surface area contributed by atoms with Gasteiger partial charge in [0.2, 0.25) is 5.91 Å². The fourth-order valence-corrected chi connectivity index (χ4v) is 3.70. The second-order valence-electron chi connectivity index (χ2n) is 7.10. The number of likely N-dealkylation sites (tertiary alicyclic amines) is 2. The van der Waals surface area contributed by atoms with Crippen LogP contribution in [0.3, 0.4) is 0 Å². The highest BCUT2D eigenvalue weighted by Crippen LogP contribution is 2.40. The van der Waals surface area contributed by atoms with Crippen molar-refractivity contribution in [3.05, 3.63) is 0 Å². The number of nitrogens with zero attached hydrogens (tertiary/aromatic N) is 2. The van der Waals surface area contributed by atoms with Crippen molar-refractivity contribution in [2.75, 3.05) is 32.7 Å². The molecule has 2 heterocycles. The van der Waals surface area contributed by atoms with E-state index in [0.29, 0.717) is 17.7 Å². The summed E-state index contributed by atoms with van der Waals surface area (Å²) in [5.41, 5.74) is 0.556. The van der Waals surface area contributed by atoms with Gasteiger partial charge in [0.25, 0.3) is 0 Å². The zero-order valence-electron chi connectivity index (χ0n) is 13.7. The second-order valence-corrected chi connectivity index (χ2v) is 7.10. The topological polar surface area (TPSA) is 23.6 Å². The van der Waals surface area contributed by atoms with Gasteiger partial charge in [-0.25, -0.2) is 0 Å². The van der Waals surface area contributed by atoms with Crippen LogP contribution in [0.2, 0.25) is 0 Å². The fourth-order valence-electron chi connectivity index (χ4n) is 3.70. The molecule has 2 aliphatic rings. The van der Waals surface area contributed by atoms with Gasteiger partial charge >= 0.3 is 0 Å². The monoisotopic (exact) mass is 280 g/mol. The van der Waals surface area contributed by atoms with Crippen molar-refractivity contribution in [3.8, 4) is 0 Å². The molecule has 20 heavy (non-hydrogen) atoms. The minimum atomic E-state index is 0.338. The molecule has 1 spiro atoms. The largest absolute Gasteiger partial charge is 0.343 e. The first-order valence-corrected chi connectivity index (χ1v) is 8.58. The lowest BCUT2D eigenvalue weighted by atomic mass is 9.72. The molecule has 1 atom stereocenters. The summed E-state index contributed by atoms with van der Waals surface area (Å²) in [4.78, 5) is 16.4. The van der Waals surface area contributed by atoms with Gasteiger partial charge in [-0.05, 0) is 43.6 Å². The minimum absolute atomic E-state index is 0.338. The molecule has 3 heteroatoms. The molecule has 0 aromatic heterocycles. The standard InChI is InChI=1S/C17H32N2O/c1-4-15(3)7-6-10-18-13-17(14-18)8-11-19(12-9-17)16(20)5-2/h15H,4-14H2,1-3H3. The Morgan fingerprint density at radius 1 is 1.20 bits per heavy atom. The molecule has 0 bridgehead atoms. The van der Waals surface area contributed by atoms with Crippen molar-refractivity contribution in [1.29, 1.82) is 0 Å². The summed E-state index contributed by atoms with van der Waals surface area (Å²) < 4.78 is 0. The molecule has 0 aromatic carbocycles. The molecule has 2 saturated heterocycles. The highest BCUT2D eigenvalue weighted by molar-refractivity contribution is 5.75. The Morgan fingerprint density at radius 2 is 1.85 bits per heavy atom. The van der Waals surface area contributed by atoms with Crippen LogP contribution in [0.15, 0.2) is 0 Å². The molecule has 0 aliphatic carbocycles. The van der Waals surface area contributed by atoms with Crippen LogP contribution in [0.1, 0.15) is 59.3 Å². The van der Waals surface area contributed by atoms with E-state index < -0.39 is 0 Å². The Hall–Kier alpha value is -0.570. The van der Waals surface area contributed by atoms with Crippen molar-refractivity contribution < 1.29 is 4.79 Å². The van der Waals surface area contributed by atoms with Crippen LogP contribution in [0.25, 0.3) is 0 Å². The summed E-state index contributed by atoms with van der Waals surface area (Å²) in [6.45, 7) is 12.4. The molecular weight excluding hydrogens is 248 g/mol. The molecule has 1 amide bonds. The SMILES string of the molecule is CCC(=O)N1CCC2(CC1)CN(CCCC(C)CC)C2. The van der Waals surface area contributed by atoms with E-state index in [1.807, 2.05) is 6.92 Å². The average Bonchev–Trinajstić information content (AvgIpc) is 2.45. The van der Waals surface area contributed by atoms with Gasteiger partial charge in [0.05, 0.1) is 0 Å². The van der Waals surface area contributed by atoms with Crippen molar-refractivity contribution >= 4 is 5.91 Å². The highest BCUT2D eigenvalue weighted by Gasteiger charge is 2.44. The van der Waals surface area contributed by atoms with Gasteiger partial charge in [0.1, 0.15) is 0 Å². The van der Waals surface area contributed by atoms with Crippen LogP contribution in [-0.2, 0) is 4.79 Å². The maximum Gasteiger partial charge on any atom is 0.222 e. The third-order valence-electron chi connectivity index (χ3n) is 5.47. The Morgan fingerprint density at radius 3 is 2.40 bits per heavy atom. The van der Waals surface area contributed by atoms with Crippen LogP contribution < -0.4 is 0 Å². The van der Waals surface area contributed by atoms with E-state index in [4.69, 9.17) is 0 Å². The smallest absolute Gasteiger partial charge is 0.222 e. The predicted octanol–water partition coefficient (Wildman–Crippen LogP) is 3.15. The molecule has 2 aliphatic heterocycles. The maximum atomic E-state index is 11.7. The van der Waals surface area contributed by atoms with Crippen molar-refractivity contribution in [2.24, 2.45) is 11.3 Å². The molecule has 0 radical (unpaired) electrons. The molecule has 0 aromatic rings. The van der Waals surface area contributed by atoms with Gasteiger partial charge in [-0.3, -0.25) is 4.79 Å². The number of carbonyl (C=O) groups excluding carboxylic acids is 1. The van der Waals surface area contributed by atoms with Crippen LogP contribution in [-0.4, -0.2) is 48.4 Å². The predicted molar refractivity (Wildman–Crippen MR) is 83.7 cm³/mol. The first kappa shape index (κ1) is 15.8. The molecule has 0 saturated carbocycles. The zero-order valence-corrected chi connectivity index (χ0v) is 13.7. The van der Waals surface area contributed by atoms with Gasteiger partial charge in [0, 0.05) is 32.6 Å². The molecule has 2 rings (SSSR count). The van der Waals surface area contributed by atoms with E-state index in [9.17, 15) is 4.79 Å². The lowest BCUT2D eigenvalue weighted by Crippen LogP contribution is -2.60. The Bertz CT molecular complexity index is 313. The minimum Gasteiger partial charge on any atom is -0.343 e. The van der Waals surface area contributed by atoms with Crippen molar-refractivity contribution in [2.45, 2.75) is 59.3 Å². The summed E-state index contributed by atoms with van der Waals surface area (Å²) in [5, 5.41) is 0. The van der Waals surface area contributed by atoms with Crippen molar-refractivity contribution in [3.63, 3.8) is 0 Å². The van der Waals surface area contributed by atoms with E-state index in [1.54, 1.807) is 0 Å². The van der Waals surface area contributed by atoms with E-state index >= 15 is 0 Å². The van der Waals surface area contributed by atoms with Gasteiger partial charge in [-0.15, -0.1) is 0 Å². The molecule has 1 unspecified atom stereocenters. The quantitative estimate of drug-likeness (QED) is 0.746. The Labute approximate surface area is 124 Å². The maximum absolute atomic E-state index is 11.7. The number of carbonyl (C=O) groups is 1. The summed E-state index contributed by atoms with van der Waals surface area (Å²) in [6.07, 6.45) is 7.14. The van der Waals surface area contributed by atoms with E-state index in [1.165, 1.54) is 51.7 Å². The van der Waals surface area contributed by atoms with Crippen LogP contribution in [0.4, 0.5) is 0 Å². The number of rotatable bonds is 6. The van der Waals surface area contributed by atoms with Gasteiger partial charge < -0.3 is 9.80 Å². The molecule has 0 N–H and O–H groups in total. The highest BCUT2D eigenvalue weighted by atomic mass is 16.2. The molecule has 2 fully saturated rings. The Kier molecular flexibility index (Phi) is 5.48. The zero-order chi connectivity index (χ0) is 14.6. The van der Waals surface area contributed by atoms with Crippen LogP contribution in [0.5, 0.6) is 0 Å². The number of hydrogen-bond acceptors (Lipinski definition) is 2. The molecule has 3 nitrogen and oxygen atoms in total. The summed E-state index contributed by atoms with van der Waals surface area (Å²) >= 11 is 0. The fraction of sp³-hybridized carbons (Fsp3) is 0.941. The third-order valence-corrected chi connectivity index (χ3v) is 5.47. The van der Waals surface area contributed by atoms with Crippen molar-refractivity contribution in [1.82, 2.24) is 9.80 Å². The van der Waals surface area contributed by atoms with Crippen LogP contribution in [0, 0.1) is 11.3 Å². The summed E-state index contributed by atoms with van der Waals surface area (Å²) in [6, 6.07) is 0. The summed E-state index contributed by atoms with van der Waals surface area (Å²) in [5.74, 6) is 1.22. The number of piperidine rings is 1. The lowest BCUT2D eigenvalue weighted by Gasteiger charge is -2.54. The van der Waals surface area contributed by atoms with E-state index in [0.717, 1.165) is 19.0 Å². The van der Waals surface area contributed by atoms with Gasteiger partial charge in [0.15, 0.2) is 0 Å². The third kappa shape index (κ3) is 3.75. The molecule has 116 valence electrons. The first-order chi connectivity index (χ1) is 9.58.